The lowest BCUT2D eigenvalue weighted by Gasteiger charge is -2.20. The molecule has 0 spiro atoms. The summed E-state index contributed by atoms with van der Waals surface area (Å²) in [5.41, 5.74) is 1.47. The number of ether oxygens (including phenoxy) is 1. The fraction of sp³-hybridized carbons (Fsp3) is 0.400. The molecular weight excluding hydrogens is 256 g/mol. The number of anilines is 1. The standard InChI is InChI=1S/C15H20N2O3/c18-8-7-16-15(19)12-4-3-5-13(10-12)17-11-14-6-1-2-9-20-14/h2-5,9-10,14,17-18H,1,6-8,11H2,(H,16,19)/t14-/m0/s1. The number of nitrogens with one attached hydrogen (secondary N) is 2. The molecule has 2 rings (SSSR count). The Morgan fingerprint density at radius 3 is 3.10 bits per heavy atom. The number of amides is 1. The number of aliphatic hydroxyl groups is 1. The Labute approximate surface area is 118 Å². The maximum atomic E-state index is 11.8. The normalized spacial score (nSPS) is 17.4. The molecule has 1 aliphatic heterocycles. The molecule has 3 N–H and O–H groups in total. The van der Waals surface area contributed by atoms with Gasteiger partial charge in [-0.1, -0.05) is 6.07 Å². The molecule has 20 heavy (non-hydrogen) atoms. The van der Waals surface area contributed by atoms with E-state index in [1.807, 2.05) is 18.2 Å². The summed E-state index contributed by atoms with van der Waals surface area (Å²) in [6.45, 7) is 0.918. The van der Waals surface area contributed by atoms with Gasteiger partial charge < -0.3 is 20.5 Å². The monoisotopic (exact) mass is 276 g/mol. The van der Waals surface area contributed by atoms with Crippen LogP contribution in [0.4, 0.5) is 5.69 Å². The van der Waals surface area contributed by atoms with Crippen LogP contribution >= 0.6 is 0 Å². The Balaban J connectivity index is 1.88. The Morgan fingerprint density at radius 1 is 1.45 bits per heavy atom. The number of carbonyl (C=O) groups excluding carboxylic acids is 1. The van der Waals surface area contributed by atoms with Gasteiger partial charge in [-0.25, -0.2) is 0 Å². The van der Waals surface area contributed by atoms with Gasteiger partial charge in [0, 0.05) is 17.8 Å². The van der Waals surface area contributed by atoms with E-state index >= 15 is 0 Å². The summed E-state index contributed by atoms with van der Waals surface area (Å²) >= 11 is 0. The molecule has 1 aromatic carbocycles. The third kappa shape index (κ3) is 4.28. The van der Waals surface area contributed by atoms with Gasteiger partial charge in [-0.15, -0.1) is 0 Å². The molecule has 0 radical (unpaired) electrons. The van der Waals surface area contributed by atoms with Gasteiger partial charge in [0.25, 0.3) is 5.91 Å². The number of carbonyl (C=O) groups is 1. The maximum absolute atomic E-state index is 11.8. The second kappa shape index (κ2) is 7.55. The molecule has 1 aliphatic rings. The van der Waals surface area contributed by atoms with Crippen molar-refractivity contribution in [1.82, 2.24) is 5.32 Å². The summed E-state index contributed by atoms with van der Waals surface area (Å²) in [6.07, 6.45) is 5.97. The van der Waals surface area contributed by atoms with Crippen LogP contribution in [0, 0.1) is 0 Å². The highest BCUT2D eigenvalue weighted by atomic mass is 16.5. The average Bonchev–Trinajstić information content (AvgIpc) is 2.52. The van der Waals surface area contributed by atoms with E-state index in [9.17, 15) is 4.79 Å². The van der Waals surface area contributed by atoms with E-state index in [1.54, 1.807) is 18.4 Å². The minimum atomic E-state index is -0.181. The zero-order valence-corrected chi connectivity index (χ0v) is 11.3. The van der Waals surface area contributed by atoms with E-state index in [2.05, 4.69) is 10.6 Å². The maximum Gasteiger partial charge on any atom is 0.251 e. The van der Waals surface area contributed by atoms with Crippen LogP contribution in [0.2, 0.25) is 0 Å². The average molecular weight is 276 g/mol. The zero-order valence-electron chi connectivity index (χ0n) is 11.3. The van der Waals surface area contributed by atoms with Crippen molar-refractivity contribution in [3.63, 3.8) is 0 Å². The third-order valence-electron chi connectivity index (χ3n) is 3.08. The highest BCUT2D eigenvalue weighted by Crippen LogP contribution is 2.14. The van der Waals surface area contributed by atoms with Crippen molar-refractivity contribution in [3.8, 4) is 0 Å². The molecule has 1 heterocycles. The van der Waals surface area contributed by atoms with Crippen LogP contribution in [0.25, 0.3) is 0 Å². The minimum Gasteiger partial charge on any atom is -0.497 e. The van der Waals surface area contributed by atoms with E-state index in [0.717, 1.165) is 18.5 Å². The van der Waals surface area contributed by atoms with Crippen molar-refractivity contribution in [2.24, 2.45) is 0 Å². The summed E-state index contributed by atoms with van der Waals surface area (Å²) in [6, 6.07) is 7.29. The Bertz CT molecular complexity index is 474. The molecule has 1 atom stereocenters. The summed E-state index contributed by atoms with van der Waals surface area (Å²) in [7, 11) is 0. The van der Waals surface area contributed by atoms with Gasteiger partial charge in [0.15, 0.2) is 0 Å². The second-order valence-electron chi connectivity index (χ2n) is 4.65. The lowest BCUT2D eigenvalue weighted by Crippen LogP contribution is -2.26. The van der Waals surface area contributed by atoms with Crippen LogP contribution < -0.4 is 10.6 Å². The molecule has 1 amide bonds. The van der Waals surface area contributed by atoms with Gasteiger partial charge in [0.05, 0.1) is 19.4 Å². The summed E-state index contributed by atoms with van der Waals surface area (Å²) in [4.78, 5) is 11.8. The number of rotatable bonds is 6. The van der Waals surface area contributed by atoms with Crippen LogP contribution in [-0.4, -0.2) is 36.8 Å². The van der Waals surface area contributed by atoms with Crippen molar-refractivity contribution >= 4 is 11.6 Å². The summed E-state index contributed by atoms with van der Waals surface area (Å²) in [5.74, 6) is -0.181. The van der Waals surface area contributed by atoms with Crippen molar-refractivity contribution in [3.05, 3.63) is 42.2 Å². The van der Waals surface area contributed by atoms with Gasteiger partial charge >= 0.3 is 0 Å². The van der Waals surface area contributed by atoms with E-state index in [4.69, 9.17) is 9.84 Å². The molecule has 0 aliphatic carbocycles. The molecule has 0 saturated carbocycles. The quantitative estimate of drug-likeness (QED) is 0.736. The molecule has 0 unspecified atom stereocenters. The summed E-state index contributed by atoms with van der Waals surface area (Å²) in [5, 5.41) is 14.6. The fourth-order valence-electron chi connectivity index (χ4n) is 2.01. The number of hydrogen-bond donors (Lipinski definition) is 3. The van der Waals surface area contributed by atoms with Crippen molar-refractivity contribution in [1.29, 1.82) is 0 Å². The first-order valence-corrected chi connectivity index (χ1v) is 6.83. The molecule has 0 fully saturated rings. The first-order chi connectivity index (χ1) is 9.79. The molecule has 0 saturated heterocycles. The predicted octanol–water partition coefficient (Wildman–Crippen LogP) is 1.51. The highest BCUT2D eigenvalue weighted by molar-refractivity contribution is 5.95. The highest BCUT2D eigenvalue weighted by Gasteiger charge is 2.11. The largest absolute Gasteiger partial charge is 0.497 e. The van der Waals surface area contributed by atoms with Crippen molar-refractivity contribution < 1.29 is 14.6 Å². The molecular formula is C15H20N2O3. The van der Waals surface area contributed by atoms with E-state index in [1.165, 1.54) is 0 Å². The molecule has 0 bridgehead atoms. The third-order valence-corrected chi connectivity index (χ3v) is 3.08. The molecule has 5 heteroatoms. The van der Waals surface area contributed by atoms with E-state index < -0.39 is 0 Å². The Kier molecular flexibility index (Phi) is 5.43. The van der Waals surface area contributed by atoms with Crippen LogP contribution in [0.3, 0.4) is 0 Å². The zero-order chi connectivity index (χ0) is 14.2. The lowest BCUT2D eigenvalue weighted by atomic mass is 10.1. The number of allylic oxidation sites excluding steroid dienone is 1. The van der Waals surface area contributed by atoms with Gasteiger partial charge in [-0.3, -0.25) is 4.79 Å². The second-order valence-corrected chi connectivity index (χ2v) is 4.65. The molecule has 1 aromatic rings. The number of aliphatic hydroxyl groups excluding tert-OH is 1. The van der Waals surface area contributed by atoms with Crippen LogP contribution in [-0.2, 0) is 4.74 Å². The first kappa shape index (κ1) is 14.4. The van der Waals surface area contributed by atoms with E-state index in [0.29, 0.717) is 12.1 Å². The van der Waals surface area contributed by atoms with Crippen molar-refractivity contribution in [2.75, 3.05) is 25.0 Å². The molecule has 0 aromatic heterocycles. The number of hydrogen-bond acceptors (Lipinski definition) is 4. The first-order valence-electron chi connectivity index (χ1n) is 6.83. The fourth-order valence-corrected chi connectivity index (χ4v) is 2.01. The smallest absolute Gasteiger partial charge is 0.251 e. The SMILES string of the molecule is O=C(NCCO)c1cccc(NC[C@@H]2CCC=CO2)c1. The van der Waals surface area contributed by atoms with Crippen LogP contribution in [0.5, 0.6) is 0 Å². The molecule has 5 nitrogen and oxygen atoms in total. The van der Waals surface area contributed by atoms with Gasteiger partial charge in [-0.05, 0) is 37.1 Å². The van der Waals surface area contributed by atoms with Gasteiger partial charge in [-0.2, -0.15) is 0 Å². The predicted molar refractivity (Wildman–Crippen MR) is 77.6 cm³/mol. The van der Waals surface area contributed by atoms with E-state index in [-0.39, 0.29) is 25.2 Å². The Hall–Kier alpha value is -2.01. The molecule has 108 valence electrons. The lowest BCUT2D eigenvalue weighted by molar-refractivity contribution is 0.0945. The summed E-state index contributed by atoms with van der Waals surface area (Å²) < 4.78 is 5.48. The van der Waals surface area contributed by atoms with Crippen LogP contribution in [0.15, 0.2) is 36.6 Å². The minimum absolute atomic E-state index is 0.0593. The van der Waals surface area contributed by atoms with Crippen molar-refractivity contribution in [2.45, 2.75) is 18.9 Å². The van der Waals surface area contributed by atoms with Gasteiger partial charge in [0.2, 0.25) is 0 Å². The van der Waals surface area contributed by atoms with Gasteiger partial charge in [0.1, 0.15) is 6.10 Å². The number of benzene rings is 1. The topological polar surface area (TPSA) is 70.6 Å². The Morgan fingerprint density at radius 2 is 2.35 bits per heavy atom. The van der Waals surface area contributed by atoms with Crippen LogP contribution in [0.1, 0.15) is 23.2 Å².